The zero-order valence-electron chi connectivity index (χ0n) is 26.1. The highest BCUT2D eigenvalue weighted by molar-refractivity contribution is 5.99. The summed E-state index contributed by atoms with van der Waals surface area (Å²) in [6.07, 6.45) is 6.10. The number of nitrogens with zero attached hydrogens (tertiary/aromatic N) is 3. The fourth-order valence-electron chi connectivity index (χ4n) is 7.18. The number of hydrogen-bond donors (Lipinski definition) is 2. The second kappa shape index (κ2) is 13.5. The molecule has 6 nitrogen and oxygen atoms in total. The van der Waals surface area contributed by atoms with Gasteiger partial charge in [-0.25, -0.2) is 0 Å². The number of benzene rings is 3. The highest BCUT2D eigenvalue weighted by Gasteiger charge is 2.33. The van der Waals surface area contributed by atoms with E-state index in [1.54, 1.807) is 0 Å². The summed E-state index contributed by atoms with van der Waals surface area (Å²) in [5.41, 5.74) is 7.34. The van der Waals surface area contributed by atoms with E-state index in [2.05, 4.69) is 125 Å². The Morgan fingerprint density at radius 1 is 1.00 bits per heavy atom. The Kier molecular flexibility index (Phi) is 9.27. The standard InChI is InChI=1S/C37H47N5O/c1-27-13-14-36-31(19-27)20-30(24-40(2)3)26-42(36)37(43)35(21-32-23-39-34-12-8-7-11-33(32)34)38-22-28-15-17-41(18-16-28)25-29-9-5-4-6-10-29/h4-14,19,23,28,30,35,38-39H,15-18,20-22,24-26H2,1-3H3/t30-,35-/m1/s1. The molecule has 226 valence electrons. The lowest BCUT2D eigenvalue weighted by molar-refractivity contribution is -0.121. The summed E-state index contributed by atoms with van der Waals surface area (Å²) in [5, 5.41) is 5.02. The fraction of sp³-hybridized carbons (Fsp3) is 0.432. The number of aromatic nitrogens is 1. The third kappa shape index (κ3) is 7.20. The number of piperidine rings is 1. The zero-order valence-corrected chi connectivity index (χ0v) is 26.1. The summed E-state index contributed by atoms with van der Waals surface area (Å²) in [6, 6.07) is 25.5. The number of H-pyrrole nitrogens is 1. The van der Waals surface area contributed by atoms with Crippen LogP contribution in [-0.2, 0) is 24.2 Å². The molecule has 6 heteroatoms. The molecule has 2 aliphatic heterocycles. The summed E-state index contributed by atoms with van der Waals surface area (Å²) in [4.78, 5) is 24.9. The van der Waals surface area contributed by atoms with Crippen LogP contribution < -0.4 is 10.2 Å². The van der Waals surface area contributed by atoms with Gasteiger partial charge in [0.1, 0.15) is 0 Å². The molecular formula is C37H47N5O. The van der Waals surface area contributed by atoms with Crippen molar-refractivity contribution in [1.82, 2.24) is 20.1 Å². The molecule has 1 amide bonds. The molecule has 3 heterocycles. The van der Waals surface area contributed by atoms with Crippen LogP contribution in [0.25, 0.3) is 10.9 Å². The molecule has 43 heavy (non-hydrogen) atoms. The van der Waals surface area contributed by atoms with E-state index in [-0.39, 0.29) is 11.9 Å². The maximum Gasteiger partial charge on any atom is 0.244 e. The molecule has 0 saturated carbocycles. The van der Waals surface area contributed by atoms with E-state index in [0.717, 1.165) is 69.7 Å². The number of para-hydroxylation sites is 1. The number of carbonyl (C=O) groups excluding carboxylic acids is 1. The third-order valence-electron chi connectivity index (χ3n) is 9.37. The zero-order chi connectivity index (χ0) is 29.8. The predicted molar refractivity (Wildman–Crippen MR) is 178 cm³/mol. The van der Waals surface area contributed by atoms with Gasteiger partial charge in [-0.1, -0.05) is 66.2 Å². The first-order chi connectivity index (χ1) is 20.9. The van der Waals surface area contributed by atoms with Crippen molar-refractivity contribution in [2.24, 2.45) is 11.8 Å². The Morgan fingerprint density at radius 2 is 1.77 bits per heavy atom. The first-order valence-corrected chi connectivity index (χ1v) is 16.0. The van der Waals surface area contributed by atoms with Gasteiger partial charge in [0.05, 0.1) is 6.04 Å². The van der Waals surface area contributed by atoms with Crippen LogP contribution in [0.3, 0.4) is 0 Å². The number of rotatable bonds is 10. The van der Waals surface area contributed by atoms with E-state index in [0.29, 0.717) is 18.3 Å². The van der Waals surface area contributed by atoms with Crippen LogP contribution in [0.4, 0.5) is 5.69 Å². The van der Waals surface area contributed by atoms with E-state index in [4.69, 9.17) is 0 Å². The second-order valence-electron chi connectivity index (χ2n) is 13.1. The number of carbonyl (C=O) groups is 1. The molecule has 0 radical (unpaired) electrons. The molecule has 4 aromatic rings. The minimum atomic E-state index is -0.284. The van der Waals surface area contributed by atoms with E-state index in [9.17, 15) is 4.79 Å². The second-order valence-corrected chi connectivity index (χ2v) is 13.1. The van der Waals surface area contributed by atoms with Crippen molar-refractivity contribution in [2.75, 3.05) is 51.7 Å². The number of nitrogens with one attached hydrogen (secondary N) is 2. The quantitative estimate of drug-likeness (QED) is 0.256. The third-order valence-corrected chi connectivity index (χ3v) is 9.37. The highest BCUT2D eigenvalue weighted by Crippen LogP contribution is 2.32. The van der Waals surface area contributed by atoms with Gasteiger partial charge >= 0.3 is 0 Å². The Hall–Kier alpha value is -3.45. The van der Waals surface area contributed by atoms with Gasteiger partial charge in [-0.3, -0.25) is 9.69 Å². The molecule has 0 aliphatic carbocycles. The monoisotopic (exact) mass is 577 g/mol. The molecule has 0 bridgehead atoms. The summed E-state index contributed by atoms with van der Waals surface area (Å²) < 4.78 is 0. The van der Waals surface area contributed by atoms with Crippen LogP contribution in [0.1, 0.15) is 35.1 Å². The van der Waals surface area contributed by atoms with Crippen molar-refractivity contribution in [3.8, 4) is 0 Å². The Bertz CT molecular complexity index is 1500. The largest absolute Gasteiger partial charge is 0.361 e. The van der Waals surface area contributed by atoms with Crippen LogP contribution in [0.15, 0.2) is 79.0 Å². The first-order valence-electron chi connectivity index (χ1n) is 16.0. The van der Waals surface area contributed by atoms with Crippen LogP contribution in [0.5, 0.6) is 0 Å². The van der Waals surface area contributed by atoms with Crippen molar-refractivity contribution in [3.63, 3.8) is 0 Å². The average molecular weight is 578 g/mol. The normalized spacial score (nSPS) is 18.7. The number of anilines is 1. The number of amides is 1. The number of aromatic amines is 1. The fourth-order valence-corrected chi connectivity index (χ4v) is 7.18. The molecule has 2 N–H and O–H groups in total. The lowest BCUT2D eigenvalue weighted by atomic mass is 9.90. The van der Waals surface area contributed by atoms with Gasteiger partial charge in [0, 0.05) is 42.4 Å². The van der Waals surface area contributed by atoms with Crippen LogP contribution in [0.2, 0.25) is 0 Å². The molecule has 0 unspecified atom stereocenters. The van der Waals surface area contributed by atoms with E-state index >= 15 is 0 Å². The van der Waals surface area contributed by atoms with Gasteiger partial charge in [-0.15, -0.1) is 0 Å². The van der Waals surface area contributed by atoms with Gasteiger partial charge in [0.25, 0.3) is 0 Å². The number of hydrogen-bond acceptors (Lipinski definition) is 4. The lowest BCUT2D eigenvalue weighted by Crippen LogP contribution is -2.53. The maximum atomic E-state index is 14.6. The Balaban J connectivity index is 1.19. The van der Waals surface area contributed by atoms with Crippen LogP contribution in [-0.4, -0.2) is 73.6 Å². The first kappa shape index (κ1) is 29.6. The average Bonchev–Trinajstić information content (AvgIpc) is 3.42. The Morgan fingerprint density at radius 3 is 2.56 bits per heavy atom. The molecule has 6 rings (SSSR count). The van der Waals surface area contributed by atoms with Gasteiger partial charge in [-0.2, -0.15) is 0 Å². The van der Waals surface area contributed by atoms with Gasteiger partial charge in [0.15, 0.2) is 0 Å². The van der Waals surface area contributed by atoms with E-state index < -0.39 is 0 Å². The van der Waals surface area contributed by atoms with Gasteiger partial charge < -0.3 is 20.1 Å². The molecule has 2 atom stereocenters. The van der Waals surface area contributed by atoms with Crippen molar-refractivity contribution < 1.29 is 4.79 Å². The molecule has 1 saturated heterocycles. The summed E-state index contributed by atoms with van der Waals surface area (Å²) >= 11 is 0. The highest BCUT2D eigenvalue weighted by atomic mass is 16.2. The van der Waals surface area contributed by atoms with Crippen molar-refractivity contribution in [2.45, 2.75) is 45.2 Å². The molecule has 3 aromatic carbocycles. The molecule has 0 spiro atoms. The van der Waals surface area contributed by atoms with E-state index in [1.807, 2.05) is 0 Å². The topological polar surface area (TPSA) is 54.6 Å². The maximum absolute atomic E-state index is 14.6. The minimum absolute atomic E-state index is 0.195. The number of likely N-dealkylation sites (tertiary alicyclic amines) is 1. The van der Waals surface area contributed by atoms with Gasteiger partial charge in [-0.05, 0) is 107 Å². The molecule has 1 aromatic heterocycles. The molecular weight excluding hydrogens is 530 g/mol. The Labute approximate surface area is 257 Å². The van der Waals surface area contributed by atoms with Crippen LogP contribution in [0, 0.1) is 18.8 Å². The lowest BCUT2D eigenvalue weighted by Gasteiger charge is -2.38. The van der Waals surface area contributed by atoms with Crippen molar-refractivity contribution >= 4 is 22.5 Å². The van der Waals surface area contributed by atoms with Crippen molar-refractivity contribution in [3.05, 3.63) is 101 Å². The summed E-state index contributed by atoms with van der Waals surface area (Å²) in [6.45, 7) is 7.98. The van der Waals surface area contributed by atoms with Crippen LogP contribution >= 0.6 is 0 Å². The number of fused-ring (bicyclic) bond motifs is 2. The SMILES string of the molecule is Cc1ccc2c(c1)C[C@H](CN(C)C)CN2C(=O)[C@@H](Cc1c[nH]c2ccccc12)NCC1CCN(Cc2ccccc2)CC1. The minimum Gasteiger partial charge on any atom is -0.361 e. The van der Waals surface area contributed by atoms with Crippen molar-refractivity contribution in [1.29, 1.82) is 0 Å². The summed E-state index contributed by atoms with van der Waals surface area (Å²) in [7, 11) is 4.26. The smallest absolute Gasteiger partial charge is 0.244 e. The molecule has 1 fully saturated rings. The number of aryl methyl sites for hydroxylation is 1. The predicted octanol–water partition coefficient (Wildman–Crippen LogP) is 5.66. The van der Waals surface area contributed by atoms with Gasteiger partial charge in [0.2, 0.25) is 5.91 Å². The molecule has 2 aliphatic rings. The summed E-state index contributed by atoms with van der Waals surface area (Å²) in [5.74, 6) is 1.18. The van der Waals surface area contributed by atoms with E-state index in [1.165, 1.54) is 27.6 Å².